The number of H-pyrrole nitrogens is 1. The normalized spacial score (nSPS) is 22.9. The van der Waals surface area contributed by atoms with E-state index in [1.807, 2.05) is 0 Å². The summed E-state index contributed by atoms with van der Waals surface area (Å²) in [4.78, 5) is 26.8. The minimum atomic E-state index is -0.777. The SMILES string of the molecule is CC1(C)OC(=O)CC1C(=O)Nc1ncn[nH]1. The second kappa shape index (κ2) is 3.58. The number of aromatic nitrogens is 3. The van der Waals surface area contributed by atoms with E-state index in [2.05, 4.69) is 20.5 Å². The van der Waals surface area contributed by atoms with Crippen molar-refractivity contribution in [2.45, 2.75) is 25.9 Å². The third-order valence-corrected chi connectivity index (χ3v) is 2.56. The lowest BCUT2D eigenvalue weighted by atomic mass is 9.90. The molecule has 2 N–H and O–H groups in total. The van der Waals surface area contributed by atoms with Crippen LogP contribution < -0.4 is 5.32 Å². The lowest BCUT2D eigenvalue weighted by Crippen LogP contribution is -2.36. The number of esters is 1. The van der Waals surface area contributed by atoms with Gasteiger partial charge in [0.05, 0.1) is 12.3 Å². The monoisotopic (exact) mass is 224 g/mol. The van der Waals surface area contributed by atoms with Crippen LogP contribution in [0, 0.1) is 5.92 Å². The molecule has 86 valence electrons. The molecule has 1 unspecified atom stereocenters. The van der Waals surface area contributed by atoms with Crippen molar-refractivity contribution in [2.75, 3.05) is 5.32 Å². The Labute approximate surface area is 91.6 Å². The zero-order valence-electron chi connectivity index (χ0n) is 8.98. The number of ether oxygens (including phenoxy) is 1. The maximum Gasteiger partial charge on any atom is 0.307 e. The number of nitrogens with zero attached hydrogens (tertiary/aromatic N) is 2. The van der Waals surface area contributed by atoms with Gasteiger partial charge >= 0.3 is 5.97 Å². The number of cyclic esters (lactones) is 1. The number of carbonyl (C=O) groups is 2. The molecule has 2 rings (SSSR count). The number of anilines is 1. The van der Waals surface area contributed by atoms with Crippen LogP contribution in [0.1, 0.15) is 20.3 Å². The maximum absolute atomic E-state index is 11.8. The smallest absolute Gasteiger partial charge is 0.307 e. The summed E-state index contributed by atoms with van der Waals surface area (Å²) in [7, 11) is 0. The fraction of sp³-hybridized carbons (Fsp3) is 0.556. The second-order valence-electron chi connectivity index (χ2n) is 4.16. The summed E-state index contributed by atoms with van der Waals surface area (Å²) in [5.41, 5.74) is -0.777. The van der Waals surface area contributed by atoms with Crippen molar-refractivity contribution in [3.63, 3.8) is 0 Å². The molecule has 1 aliphatic heterocycles. The van der Waals surface area contributed by atoms with Crippen molar-refractivity contribution in [1.82, 2.24) is 15.2 Å². The predicted octanol–water partition coefficient (Wildman–Crippen LogP) is 0.0849. The molecule has 1 aromatic heterocycles. The molecule has 16 heavy (non-hydrogen) atoms. The highest BCUT2D eigenvalue weighted by atomic mass is 16.6. The van der Waals surface area contributed by atoms with E-state index in [-0.39, 0.29) is 24.2 Å². The number of hydrogen-bond acceptors (Lipinski definition) is 5. The summed E-state index contributed by atoms with van der Waals surface area (Å²) in [6.07, 6.45) is 1.38. The highest BCUT2D eigenvalue weighted by Gasteiger charge is 2.46. The van der Waals surface area contributed by atoms with Crippen LogP contribution in [0.15, 0.2) is 6.33 Å². The van der Waals surface area contributed by atoms with Crippen molar-refractivity contribution in [1.29, 1.82) is 0 Å². The Morgan fingerprint density at radius 3 is 2.94 bits per heavy atom. The highest BCUT2D eigenvalue weighted by Crippen LogP contribution is 2.32. The number of rotatable bonds is 2. The van der Waals surface area contributed by atoms with Crippen LogP contribution in [-0.4, -0.2) is 32.7 Å². The van der Waals surface area contributed by atoms with Gasteiger partial charge in [0, 0.05) is 0 Å². The van der Waals surface area contributed by atoms with E-state index >= 15 is 0 Å². The molecule has 0 aromatic carbocycles. The van der Waals surface area contributed by atoms with E-state index in [4.69, 9.17) is 4.74 Å². The van der Waals surface area contributed by atoms with Gasteiger partial charge in [-0.05, 0) is 13.8 Å². The largest absolute Gasteiger partial charge is 0.459 e. The molecule has 7 nitrogen and oxygen atoms in total. The van der Waals surface area contributed by atoms with E-state index in [1.54, 1.807) is 13.8 Å². The van der Waals surface area contributed by atoms with E-state index in [9.17, 15) is 9.59 Å². The van der Waals surface area contributed by atoms with Crippen LogP contribution in [0.2, 0.25) is 0 Å². The van der Waals surface area contributed by atoms with Gasteiger partial charge in [-0.3, -0.25) is 14.9 Å². The quantitative estimate of drug-likeness (QED) is 0.693. The molecule has 0 saturated carbocycles. The molecule has 7 heteroatoms. The summed E-state index contributed by atoms with van der Waals surface area (Å²) >= 11 is 0. The van der Waals surface area contributed by atoms with E-state index in [1.165, 1.54) is 6.33 Å². The Bertz CT molecular complexity index is 412. The number of aromatic amines is 1. The Balaban J connectivity index is 2.08. The van der Waals surface area contributed by atoms with Gasteiger partial charge < -0.3 is 4.74 Å². The lowest BCUT2D eigenvalue weighted by molar-refractivity contribution is -0.147. The third-order valence-electron chi connectivity index (χ3n) is 2.56. The Morgan fingerprint density at radius 2 is 2.44 bits per heavy atom. The van der Waals surface area contributed by atoms with Crippen LogP contribution in [0.25, 0.3) is 0 Å². The summed E-state index contributed by atoms with van der Waals surface area (Å²) in [5.74, 6) is -0.902. The average Bonchev–Trinajstić information content (AvgIpc) is 2.73. The summed E-state index contributed by atoms with van der Waals surface area (Å²) in [5, 5.41) is 8.66. The van der Waals surface area contributed by atoms with Gasteiger partial charge in [0.25, 0.3) is 0 Å². The van der Waals surface area contributed by atoms with Crippen LogP contribution >= 0.6 is 0 Å². The zero-order chi connectivity index (χ0) is 11.8. The molecule has 1 atom stereocenters. The maximum atomic E-state index is 11.8. The zero-order valence-corrected chi connectivity index (χ0v) is 8.98. The molecule has 0 spiro atoms. The Kier molecular flexibility index (Phi) is 2.37. The molecular formula is C9H12N4O3. The van der Waals surface area contributed by atoms with Crippen molar-refractivity contribution >= 4 is 17.8 Å². The Morgan fingerprint density at radius 1 is 1.69 bits per heavy atom. The first-order valence-electron chi connectivity index (χ1n) is 4.87. The van der Waals surface area contributed by atoms with Gasteiger partial charge in [0.2, 0.25) is 11.9 Å². The highest BCUT2D eigenvalue weighted by molar-refractivity contribution is 5.95. The van der Waals surface area contributed by atoms with Gasteiger partial charge in [-0.1, -0.05) is 0 Å². The number of hydrogen-bond donors (Lipinski definition) is 2. The number of amides is 1. The van der Waals surface area contributed by atoms with Gasteiger partial charge in [0.15, 0.2) is 0 Å². The number of carbonyl (C=O) groups excluding carboxylic acids is 2. The molecule has 1 aromatic rings. The van der Waals surface area contributed by atoms with E-state index in [0.717, 1.165) is 0 Å². The van der Waals surface area contributed by atoms with E-state index < -0.39 is 11.5 Å². The number of nitrogens with one attached hydrogen (secondary N) is 2. The van der Waals surface area contributed by atoms with Gasteiger partial charge in [-0.2, -0.15) is 10.1 Å². The molecule has 1 fully saturated rings. The first-order chi connectivity index (χ1) is 7.49. The predicted molar refractivity (Wildman–Crippen MR) is 53.3 cm³/mol. The van der Waals surface area contributed by atoms with Gasteiger partial charge in [-0.15, -0.1) is 0 Å². The van der Waals surface area contributed by atoms with E-state index in [0.29, 0.717) is 0 Å². The average molecular weight is 224 g/mol. The topological polar surface area (TPSA) is 97.0 Å². The van der Waals surface area contributed by atoms with Crippen LogP contribution in [-0.2, 0) is 14.3 Å². The van der Waals surface area contributed by atoms with Crippen LogP contribution in [0.4, 0.5) is 5.95 Å². The first kappa shape index (κ1) is 10.6. The minimum absolute atomic E-state index is 0.0902. The molecule has 1 amide bonds. The van der Waals surface area contributed by atoms with Gasteiger partial charge in [-0.25, -0.2) is 5.10 Å². The lowest BCUT2D eigenvalue weighted by Gasteiger charge is -2.23. The third kappa shape index (κ3) is 1.88. The van der Waals surface area contributed by atoms with Crippen molar-refractivity contribution in [3.05, 3.63) is 6.33 Å². The van der Waals surface area contributed by atoms with Crippen LogP contribution in [0.5, 0.6) is 0 Å². The first-order valence-corrected chi connectivity index (χ1v) is 4.87. The Hall–Kier alpha value is -1.92. The molecule has 1 aliphatic rings. The molecule has 0 aliphatic carbocycles. The van der Waals surface area contributed by atoms with Gasteiger partial charge in [0.1, 0.15) is 11.9 Å². The van der Waals surface area contributed by atoms with Crippen molar-refractivity contribution < 1.29 is 14.3 Å². The summed E-state index contributed by atoms with van der Waals surface area (Å²) in [6.45, 7) is 3.42. The molecular weight excluding hydrogens is 212 g/mol. The fourth-order valence-corrected chi connectivity index (χ4v) is 1.70. The fourth-order valence-electron chi connectivity index (χ4n) is 1.70. The molecule has 0 radical (unpaired) electrons. The summed E-state index contributed by atoms with van der Waals surface area (Å²) < 4.78 is 5.06. The van der Waals surface area contributed by atoms with Crippen LogP contribution in [0.3, 0.4) is 0 Å². The summed E-state index contributed by atoms with van der Waals surface area (Å²) in [6, 6.07) is 0. The second-order valence-corrected chi connectivity index (χ2v) is 4.16. The minimum Gasteiger partial charge on any atom is -0.459 e. The van der Waals surface area contributed by atoms with Crippen molar-refractivity contribution in [2.24, 2.45) is 5.92 Å². The standard InChI is InChI=1S/C9H12N4O3/c1-9(2)5(3-6(14)16-9)7(15)12-8-10-4-11-13-8/h4-5H,3H2,1-2H3,(H2,10,11,12,13,15). The molecule has 0 bridgehead atoms. The molecule has 2 heterocycles. The van der Waals surface area contributed by atoms with Crippen molar-refractivity contribution in [3.8, 4) is 0 Å². The molecule has 1 saturated heterocycles.